The van der Waals surface area contributed by atoms with Crippen molar-refractivity contribution in [1.82, 2.24) is 0 Å². The molecule has 6 unspecified atom stereocenters. The van der Waals surface area contributed by atoms with Crippen molar-refractivity contribution in [3.8, 4) is 0 Å². The molecule has 114 valence electrons. The molecule has 0 aromatic carbocycles. The van der Waals surface area contributed by atoms with Gasteiger partial charge in [-0.15, -0.1) is 0 Å². The molecule has 4 aliphatic rings. The zero-order valence-corrected chi connectivity index (χ0v) is 13.9. The molecule has 1 heteroatoms. The fourth-order valence-corrected chi connectivity index (χ4v) is 7.44. The van der Waals surface area contributed by atoms with Crippen molar-refractivity contribution in [2.45, 2.75) is 82.3 Å². The van der Waals surface area contributed by atoms with Gasteiger partial charge in [-0.1, -0.05) is 64.2 Å². The van der Waals surface area contributed by atoms with E-state index in [0.717, 1.165) is 40.8 Å². The van der Waals surface area contributed by atoms with Gasteiger partial charge in [-0.3, -0.25) is 0 Å². The Morgan fingerprint density at radius 2 is 1.00 bits per heavy atom. The van der Waals surface area contributed by atoms with E-state index in [-0.39, 0.29) is 0 Å². The van der Waals surface area contributed by atoms with E-state index in [4.69, 9.17) is 12.6 Å². The molecule has 0 radical (unpaired) electrons. The van der Waals surface area contributed by atoms with Gasteiger partial charge in [0.1, 0.15) is 0 Å². The van der Waals surface area contributed by atoms with Gasteiger partial charge < -0.3 is 0 Å². The van der Waals surface area contributed by atoms with Gasteiger partial charge in [-0.25, -0.2) is 0 Å². The minimum absolute atomic E-state index is 0.781. The summed E-state index contributed by atoms with van der Waals surface area (Å²) in [5, 5.41) is 0.781. The van der Waals surface area contributed by atoms with Gasteiger partial charge >= 0.3 is 0 Å². The second-order valence-electron chi connectivity index (χ2n) is 8.29. The molecule has 6 atom stereocenters. The topological polar surface area (TPSA) is 0 Å². The lowest BCUT2D eigenvalue weighted by molar-refractivity contribution is -0.172. The van der Waals surface area contributed by atoms with Crippen molar-refractivity contribution in [3.05, 3.63) is 0 Å². The zero-order chi connectivity index (χ0) is 13.5. The van der Waals surface area contributed by atoms with Crippen molar-refractivity contribution in [2.24, 2.45) is 35.5 Å². The van der Waals surface area contributed by atoms with Crippen LogP contribution in [0, 0.1) is 35.5 Å². The Morgan fingerprint density at radius 1 is 0.500 bits per heavy atom. The number of fused-ring (bicyclic) bond motifs is 4. The van der Waals surface area contributed by atoms with E-state index in [1.165, 1.54) is 64.2 Å². The van der Waals surface area contributed by atoms with E-state index >= 15 is 0 Å². The first-order chi connectivity index (χ1) is 9.88. The van der Waals surface area contributed by atoms with Gasteiger partial charge in [0.25, 0.3) is 0 Å². The van der Waals surface area contributed by atoms with Crippen LogP contribution in [0.5, 0.6) is 0 Å². The van der Waals surface area contributed by atoms with Crippen LogP contribution in [0.3, 0.4) is 0 Å². The predicted octanol–water partition coefficient (Wildman–Crippen LogP) is 5.72. The van der Waals surface area contributed by atoms with E-state index in [1.807, 2.05) is 0 Å². The molecule has 4 fully saturated rings. The van der Waals surface area contributed by atoms with E-state index in [2.05, 4.69) is 0 Å². The lowest BCUT2D eigenvalue weighted by atomic mass is 9.38. The van der Waals surface area contributed by atoms with Crippen LogP contribution in [0.4, 0.5) is 0 Å². The molecule has 0 aromatic rings. The van der Waals surface area contributed by atoms with Gasteiger partial charge in [-0.05, 0) is 48.3 Å². The Kier molecular flexibility index (Phi) is 4.09. The van der Waals surface area contributed by atoms with Gasteiger partial charge in [-0.2, -0.15) is 12.6 Å². The second-order valence-corrected chi connectivity index (χ2v) is 8.89. The molecule has 0 nitrogen and oxygen atoms in total. The van der Waals surface area contributed by atoms with Crippen LogP contribution in [0.15, 0.2) is 0 Å². The minimum Gasteiger partial charge on any atom is -0.175 e. The number of thiol groups is 1. The van der Waals surface area contributed by atoms with Gasteiger partial charge in [0.15, 0.2) is 0 Å². The third kappa shape index (κ3) is 2.18. The summed E-state index contributed by atoms with van der Waals surface area (Å²) in [4.78, 5) is 0. The van der Waals surface area contributed by atoms with Crippen LogP contribution in [0.2, 0.25) is 0 Å². The molecular formula is C19H32S. The summed E-state index contributed by atoms with van der Waals surface area (Å²) in [6, 6.07) is 0. The first-order valence-corrected chi connectivity index (χ1v) is 10.1. The molecule has 0 spiro atoms. The maximum absolute atomic E-state index is 5.11. The summed E-state index contributed by atoms with van der Waals surface area (Å²) < 4.78 is 0. The molecule has 0 aromatic heterocycles. The molecule has 0 amide bonds. The number of rotatable bonds is 1. The standard InChI is InChI=1S/C19H32S/c20-19-16(13-9-5-1-2-6-10-13)17-14-11-7-3-4-8-12-15(14)18(17)19/h13-20H,1-12H2. The predicted molar refractivity (Wildman–Crippen MR) is 89.1 cm³/mol. The van der Waals surface area contributed by atoms with E-state index < -0.39 is 0 Å². The van der Waals surface area contributed by atoms with Gasteiger partial charge in [0, 0.05) is 5.25 Å². The highest BCUT2D eigenvalue weighted by molar-refractivity contribution is 7.81. The number of hydrogen-bond acceptors (Lipinski definition) is 1. The van der Waals surface area contributed by atoms with Crippen LogP contribution in [0.25, 0.3) is 0 Å². The lowest BCUT2D eigenvalue weighted by Crippen LogP contribution is -2.67. The quantitative estimate of drug-likeness (QED) is 0.464. The van der Waals surface area contributed by atoms with Crippen molar-refractivity contribution < 1.29 is 0 Å². The average molecular weight is 293 g/mol. The molecule has 20 heavy (non-hydrogen) atoms. The Labute approximate surface area is 130 Å². The molecule has 0 N–H and O–H groups in total. The molecule has 0 aliphatic heterocycles. The Hall–Kier alpha value is 0.350. The minimum atomic E-state index is 0.781. The summed E-state index contributed by atoms with van der Waals surface area (Å²) in [6.07, 6.45) is 18.2. The highest BCUT2D eigenvalue weighted by Gasteiger charge is 2.65. The average Bonchev–Trinajstić information content (AvgIpc) is 2.69. The zero-order valence-electron chi connectivity index (χ0n) is 13.0. The second kappa shape index (κ2) is 5.86. The van der Waals surface area contributed by atoms with E-state index in [0.29, 0.717) is 0 Å². The molecule has 0 heterocycles. The smallest absolute Gasteiger partial charge is 0.00844 e. The van der Waals surface area contributed by atoms with Crippen LogP contribution in [-0.2, 0) is 0 Å². The number of hydrogen-bond donors (Lipinski definition) is 1. The van der Waals surface area contributed by atoms with Crippen LogP contribution in [-0.4, -0.2) is 5.25 Å². The normalized spacial score (nSPS) is 49.6. The third-order valence-electron chi connectivity index (χ3n) is 7.49. The first kappa shape index (κ1) is 14.0. The summed E-state index contributed by atoms with van der Waals surface area (Å²) in [5.74, 6) is 6.43. The molecule has 0 bridgehead atoms. The monoisotopic (exact) mass is 292 g/mol. The Balaban J connectivity index is 1.44. The highest BCUT2D eigenvalue weighted by Crippen LogP contribution is 2.68. The van der Waals surface area contributed by atoms with Crippen LogP contribution in [0.1, 0.15) is 77.0 Å². The largest absolute Gasteiger partial charge is 0.175 e. The molecule has 0 saturated heterocycles. The van der Waals surface area contributed by atoms with Crippen molar-refractivity contribution in [1.29, 1.82) is 0 Å². The SMILES string of the molecule is SC1C(C2CCCCCC2)C2C3CCCCCCC3C12. The maximum Gasteiger partial charge on any atom is 0.00844 e. The fraction of sp³-hybridized carbons (Fsp3) is 1.00. The summed E-state index contributed by atoms with van der Waals surface area (Å²) in [6.45, 7) is 0. The lowest BCUT2D eigenvalue weighted by Gasteiger charge is -2.69. The van der Waals surface area contributed by atoms with Gasteiger partial charge in [0.2, 0.25) is 0 Å². The molecule has 4 rings (SSSR count). The fourth-order valence-electron chi connectivity index (χ4n) is 6.57. The van der Waals surface area contributed by atoms with Crippen molar-refractivity contribution >= 4 is 12.6 Å². The molecule has 4 saturated carbocycles. The molecular weight excluding hydrogens is 260 g/mol. The van der Waals surface area contributed by atoms with Crippen molar-refractivity contribution in [2.75, 3.05) is 0 Å². The van der Waals surface area contributed by atoms with Crippen LogP contribution >= 0.6 is 12.6 Å². The third-order valence-corrected chi connectivity index (χ3v) is 8.17. The Bertz CT molecular complexity index is 331. The maximum atomic E-state index is 5.11. The highest BCUT2D eigenvalue weighted by atomic mass is 32.1. The van der Waals surface area contributed by atoms with E-state index in [9.17, 15) is 0 Å². The van der Waals surface area contributed by atoms with Gasteiger partial charge in [0.05, 0.1) is 0 Å². The summed E-state index contributed by atoms with van der Waals surface area (Å²) in [7, 11) is 0. The van der Waals surface area contributed by atoms with Crippen LogP contribution < -0.4 is 0 Å². The first-order valence-electron chi connectivity index (χ1n) is 9.56. The summed E-state index contributed by atoms with van der Waals surface area (Å²) >= 11 is 5.11. The summed E-state index contributed by atoms with van der Waals surface area (Å²) in [5.41, 5.74) is 0. The van der Waals surface area contributed by atoms with E-state index in [1.54, 1.807) is 12.8 Å². The Morgan fingerprint density at radius 3 is 1.60 bits per heavy atom. The van der Waals surface area contributed by atoms with Crippen molar-refractivity contribution in [3.63, 3.8) is 0 Å². The molecule has 4 aliphatic carbocycles.